The van der Waals surface area contributed by atoms with Gasteiger partial charge in [-0.2, -0.15) is 0 Å². The topological polar surface area (TPSA) is 70.0 Å². The molecule has 0 heterocycles. The molecule has 0 saturated heterocycles. The average Bonchev–Trinajstić information content (AvgIpc) is 2.25. The number of ether oxygens (including phenoxy) is 1. The fourth-order valence-corrected chi connectivity index (χ4v) is 1.48. The normalized spacial score (nSPS) is 15.1. The van der Waals surface area contributed by atoms with Crippen LogP contribution in [0, 0.1) is 5.92 Å². The van der Waals surface area contributed by atoms with E-state index in [-0.39, 0.29) is 31.1 Å². The number of nitrogens with zero attached hydrogens (tertiary/aromatic N) is 1. The summed E-state index contributed by atoms with van der Waals surface area (Å²) in [7, 11) is 1.36. The lowest BCUT2D eigenvalue weighted by atomic mass is 10.0. The Bertz CT molecular complexity index is 180. The summed E-state index contributed by atoms with van der Waals surface area (Å²) in [6.45, 7) is 4.58. The Morgan fingerprint density at radius 1 is 1.27 bits per heavy atom. The number of carbonyl (C=O) groups excluding carboxylic acids is 1. The van der Waals surface area contributed by atoms with E-state index in [2.05, 4.69) is 4.74 Å². The average molecular weight is 219 g/mol. The second kappa shape index (κ2) is 7.62. The van der Waals surface area contributed by atoms with Crippen molar-refractivity contribution in [1.82, 2.24) is 4.90 Å². The predicted molar refractivity (Wildman–Crippen MR) is 56.4 cm³/mol. The van der Waals surface area contributed by atoms with Gasteiger partial charge in [-0.1, -0.05) is 6.92 Å². The van der Waals surface area contributed by atoms with Crippen LogP contribution >= 0.6 is 0 Å². The Hall–Kier alpha value is -0.650. The minimum absolute atomic E-state index is 0.0121. The van der Waals surface area contributed by atoms with Crippen LogP contribution in [0.4, 0.5) is 0 Å². The molecule has 0 aromatic heterocycles. The first-order valence-electron chi connectivity index (χ1n) is 5.12. The molecule has 0 rings (SSSR count). The molecule has 5 nitrogen and oxygen atoms in total. The lowest BCUT2D eigenvalue weighted by molar-refractivity contribution is -0.147. The van der Waals surface area contributed by atoms with E-state index in [1.165, 1.54) is 7.11 Å². The maximum Gasteiger partial charge on any atom is 0.309 e. The summed E-state index contributed by atoms with van der Waals surface area (Å²) in [6, 6.07) is -0.0586. The number of hydrogen-bond acceptors (Lipinski definition) is 5. The molecule has 90 valence electrons. The van der Waals surface area contributed by atoms with Crippen LogP contribution in [0.15, 0.2) is 0 Å². The van der Waals surface area contributed by atoms with Gasteiger partial charge in [0.2, 0.25) is 0 Å². The third kappa shape index (κ3) is 4.59. The van der Waals surface area contributed by atoms with Crippen molar-refractivity contribution in [2.24, 2.45) is 5.92 Å². The molecule has 0 aliphatic rings. The fraction of sp³-hybridized carbons (Fsp3) is 0.900. The van der Waals surface area contributed by atoms with Crippen LogP contribution in [0.1, 0.15) is 13.8 Å². The largest absolute Gasteiger partial charge is 0.469 e. The first kappa shape index (κ1) is 14.3. The molecule has 0 aliphatic carbocycles. The minimum Gasteiger partial charge on any atom is -0.469 e. The van der Waals surface area contributed by atoms with Crippen molar-refractivity contribution in [3.05, 3.63) is 0 Å². The molecule has 0 aromatic rings. The first-order valence-corrected chi connectivity index (χ1v) is 5.12. The highest BCUT2D eigenvalue weighted by Gasteiger charge is 2.25. The molecule has 0 aliphatic heterocycles. The molecule has 0 spiro atoms. The summed E-state index contributed by atoms with van der Waals surface area (Å²) in [6.07, 6.45) is 0. The number of hydrogen-bond donors (Lipinski definition) is 2. The fourth-order valence-electron chi connectivity index (χ4n) is 1.48. The Morgan fingerprint density at radius 3 is 2.07 bits per heavy atom. The standard InChI is InChI=1S/C10H21NO4/c1-8(10(14)15-3)9(2)11(4-6-12)5-7-13/h8-9,12-13H,4-7H2,1-3H3. The van der Waals surface area contributed by atoms with E-state index in [1.807, 2.05) is 11.8 Å². The van der Waals surface area contributed by atoms with E-state index >= 15 is 0 Å². The molecule has 0 bridgehead atoms. The van der Waals surface area contributed by atoms with Crippen LogP contribution in [-0.2, 0) is 9.53 Å². The van der Waals surface area contributed by atoms with Crippen LogP contribution in [0.5, 0.6) is 0 Å². The maximum atomic E-state index is 11.3. The van der Waals surface area contributed by atoms with E-state index in [0.717, 1.165) is 0 Å². The highest BCUT2D eigenvalue weighted by atomic mass is 16.5. The maximum absolute atomic E-state index is 11.3. The zero-order valence-corrected chi connectivity index (χ0v) is 9.64. The lowest BCUT2D eigenvalue weighted by Gasteiger charge is -2.30. The van der Waals surface area contributed by atoms with Crippen molar-refractivity contribution in [1.29, 1.82) is 0 Å². The van der Waals surface area contributed by atoms with Gasteiger partial charge in [0.25, 0.3) is 0 Å². The van der Waals surface area contributed by atoms with Gasteiger partial charge >= 0.3 is 5.97 Å². The second-order valence-electron chi connectivity index (χ2n) is 3.54. The van der Waals surface area contributed by atoms with Crippen molar-refractivity contribution < 1.29 is 19.7 Å². The highest BCUT2D eigenvalue weighted by molar-refractivity contribution is 5.72. The Labute approximate surface area is 90.6 Å². The van der Waals surface area contributed by atoms with Gasteiger partial charge in [0.15, 0.2) is 0 Å². The zero-order valence-electron chi connectivity index (χ0n) is 9.64. The molecule has 0 saturated carbocycles. The van der Waals surface area contributed by atoms with Gasteiger partial charge in [0.05, 0.1) is 26.2 Å². The molecule has 5 heteroatoms. The van der Waals surface area contributed by atoms with E-state index in [9.17, 15) is 4.79 Å². The van der Waals surface area contributed by atoms with Crippen molar-refractivity contribution in [3.63, 3.8) is 0 Å². The lowest BCUT2D eigenvalue weighted by Crippen LogP contribution is -2.43. The number of esters is 1. The number of methoxy groups -OCH3 is 1. The van der Waals surface area contributed by atoms with Crippen LogP contribution in [0.25, 0.3) is 0 Å². The van der Waals surface area contributed by atoms with Gasteiger partial charge in [0, 0.05) is 19.1 Å². The predicted octanol–water partition coefficient (Wildman–Crippen LogP) is -0.529. The van der Waals surface area contributed by atoms with E-state index < -0.39 is 0 Å². The van der Waals surface area contributed by atoms with E-state index in [0.29, 0.717) is 13.1 Å². The van der Waals surface area contributed by atoms with Crippen molar-refractivity contribution in [3.8, 4) is 0 Å². The van der Waals surface area contributed by atoms with Gasteiger partial charge in [-0.15, -0.1) is 0 Å². The Kier molecular flexibility index (Phi) is 7.29. The van der Waals surface area contributed by atoms with Gasteiger partial charge in [-0.25, -0.2) is 0 Å². The van der Waals surface area contributed by atoms with E-state index in [4.69, 9.17) is 10.2 Å². The van der Waals surface area contributed by atoms with Crippen molar-refractivity contribution in [2.45, 2.75) is 19.9 Å². The molecule has 0 fully saturated rings. The molecular formula is C10H21NO4. The number of aliphatic hydroxyl groups is 2. The summed E-state index contributed by atoms with van der Waals surface area (Å²) >= 11 is 0. The third-order valence-electron chi connectivity index (χ3n) is 2.65. The summed E-state index contributed by atoms with van der Waals surface area (Å²) in [4.78, 5) is 13.2. The van der Waals surface area contributed by atoms with Crippen LogP contribution in [0.3, 0.4) is 0 Å². The summed E-state index contributed by atoms with van der Waals surface area (Å²) in [5.74, 6) is -0.545. The van der Waals surface area contributed by atoms with Crippen molar-refractivity contribution >= 4 is 5.97 Å². The molecular weight excluding hydrogens is 198 g/mol. The Balaban J connectivity index is 4.32. The molecule has 2 unspecified atom stereocenters. The van der Waals surface area contributed by atoms with Crippen LogP contribution < -0.4 is 0 Å². The van der Waals surface area contributed by atoms with Gasteiger partial charge < -0.3 is 14.9 Å². The molecule has 0 aromatic carbocycles. The number of rotatable bonds is 7. The SMILES string of the molecule is COC(=O)C(C)C(C)N(CCO)CCO. The first-order chi connectivity index (χ1) is 7.08. The smallest absolute Gasteiger partial charge is 0.309 e. The summed E-state index contributed by atoms with van der Waals surface area (Å²) in [5.41, 5.74) is 0. The number of carbonyl (C=O) groups is 1. The van der Waals surface area contributed by atoms with E-state index in [1.54, 1.807) is 6.92 Å². The molecule has 2 atom stereocenters. The molecule has 15 heavy (non-hydrogen) atoms. The monoisotopic (exact) mass is 219 g/mol. The van der Waals surface area contributed by atoms with Gasteiger partial charge in [-0.05, 0) is 6.92 Å². The third-order valence-corrected chi connectivity index (χ3v) is 2.65. The second-order valence-corrected chi connectivity index (χ2v) is 3.54. The van der Waals surface area contributed by atoms with Crippen LogP contribution in [-0.4, -0.2) is 60.5 Å². The quantitative estimate of drug-likeness (QED) is 0.563. The molecule has 0 radical (unpaired) electrons. The summed E-state index contributed by atoms with van der Waals surface area (Å²) < 4.78 is 4.65. The van der Waals surface area contributed by atoms with Crippen LogP contribution in [0.2, 0.25) is 0 Å². The highest BCUT2D eigenvalue weighted by Crippen LogP contribution is 2.11. The van der Waals surface area contributed by atoms with Gasteiger partial charge in [0.1, 0.15) is 0 Å². The Morgan fingerprint density at radius 2 is 1.73 bits per heavy atom. The van der Waals surface area contributed by atoms with Gasteiger partial charge in [-0.3, -0.25) is 9.69 Å². The zero-order chi connectivity index (χ0) is 11.8. The molecule has 0 amide bonds. The minimum atomic E-state index is -0.275. The number of aliphatic hydroxyl groups excluding tert-OH is 2. The summed E-state index contributed by atoms with van der Waals surface area (Å²) in [5, 5.41) is 17.7. The van der Waals surface area contributed by atoms with Crippen molar-refractivity contribution in [2.75, 3.05) is 33.4 Å². The molecule has 2 N–H and O–H groups in total.